The van der Waals surface area contributed by atoms with Crippen LogP contribution in [0, 0.1) is 5.92 Å². The van der Waals surface area contributed by atoms with E-state index in [9.17, 15) is 9.90 Å². The van der Waals surface area contributed by atoms with E-state index in [-0.39, 0.29) is 18.4 Å². The third-order valence-corrected chi connectivity index (χ3v) is 4.12. The van der Waals surface area contributed by atoms with Crippen molar-refractivity contribution in [3.05, 3.63) is 83.4 Å². The number of carbonyl (C=O) groups is 1. The standard InChI is InChI=1S/C20H22ClNO2/c1-2-6-17(13-15-9-11-18(21)12-10-15)20(24)22-14-19(23)16-7-4-3-5-8-16/h2-5,7-12,17,19,23H,1,6,13-14H2,(H,22,24). The molecular formula is C20H22ClNO2. The van der Waals surface area contributed by atoms with Crippen molar-refractivity contribution in [1.29, 1.82) is 0 Å². The summed E-state index contributed by atoms with van der Waals surface area (Å²) in [6, 6.07) is 16.8. The summed E-state index contributed by atoms with van der Waals surface area (Å²) in [4.78, 5) is 12.4. The van der Waals surface area contributed by atoms with E-state index in [1.807, 2.05) is 54.6 Å². The van der Waals surface area contributed by atoms with E-state index in [1.165, 1.54) is 0 Å². The molecule has 0 saturated heterocycles. The van der Waals surface area contributed by atoms with E-state index in [0.717, 1.165) is 11.1 Å². The summed E-state index contributed by atoms with van der Waals surface area (Å²) in [5, 5.41) is 13.7. The predicted octanol–water partition coefficient (Wildman–Crippen LogP) is 3.92. The normalized spacial score (nSPS) is 13.1. The molecule has 1 amide bonds. The third-order valence-electron chi connectivity index (χ3n) is 3.87. The molecular weight excluding hydrogens is 322 g/mol. The summed E-state index contributed by atoms with van der Waals surface area (Å²) in [7, 11) is 0. The van der Waals surface area contributed by atoms with E-state index >= 15 is 0 Å². The maximum Gasteiger partial charge on any atom is 0.223 e. The van der Waals surface area contributed by atoms with Crippen LogP contribution in [-0.2, 0) is 11.2 Å². The van der Waals surface area contributed by atoms with Gasteiger partial charge < -0.3 is 10.4 Å². The number of aliphatic hydroxyl groups is 1. The van der Waals surface area contributed by atoms with Gasteiger partial charge in [-0.3, -0.25) is 4.79 Å². The number of hydrogen-bond acceptors (Lipinski definition) is 2. The second kappa shape index (κ2) is 9.26. The van der Waals surface area contributed by atoms with Crippen LogP contribution in [-0.4, -0.2) is 17.6 Å². The molecule has 0 fully saturated rings. The van der Waals surface area contributed by atoms with Crippen LogP contribution < -0.4 is 5.32 Å². The molecule has 0 spiro atoms. The van der Waals surface area contributed by atoms with E-state index in [4.69, 9.17) is 11.6 Å². The van der Waals surface area contributed by atoms with Crippen molar-refractivity contribution >= 4 is 17.5 Å². The lowest BCUT2D eigenvalue weighted by atomic mass is 9.95. The van der Waals surface area contributed by atoms with E-state index in [1.54, 1.807) is 6.08 Å². The van der Waals surface area contributed by atoms with Gasteiger partial charge in [-0.25, -0.2) is 0 Å². The van der Waals surface area contributed by atoms with Gasteiger partial charge in [0.25, 0.3) is 0 Å². The zero-order valence-electron chi connectivity index (χ0n) is 13.5. The number of rotatable bonds is 8. The zero-order valence-corrected chi connectivity index (χ0v) is 14.2. The van der Waals surface area contributed by atoms with Gasteiger partial charge in [-0.05, 0) is 36.1 Å². The van der Waals surface area contributed by atoms with Crippen molar-refractivity contribution in [2.24, 2.45) is 5.92 Å². The minimum Gasteiger partial charge on any atom is -0.387 e. The molecule has 2 aromatic carbocycles. The van der Waals surface area contributed by atoms with Gasteiger partial charge in [0, 0.05) is 17.5 Å². The fourth-order valence-electron chi connectivity index (χ4n) is 2.52. The van der Waals surface area contributed by atoms with E-state index in [2.05, 4.69) is 11.9 Å². The fraction of sp³-hybridized carbons (Fsp3) is 0.250. The number of halogens is 1. The molecule has 0 saturated carbocycles. The topological polar surface area (TPSA) is 49.3 Å². The molecule has 2 aromatic rings. The van der Waals surface area contributed by atoms with Gasteiger partial charge >= 0.3 is 0 Å². The number of carbonyl (C=O) groups excluding carboxylic acids is 1. The number of nitrogens with one attached hydrogen (secondary N) is 1. The van der Waals surface area contributed by atoms with Gasteiger partial charge in [-0.2, -0.15) is 0 Å². The zero-order chi connectivity index (χ0) is 17.4. The molecule has 0 radical (unpaired) electrons. The predicted molar refractivity (Wildman–Crippen MR) is 97.9 cm³/mol. The van der Waals surface area contributed by atoms with Gasteiger partial charge in [-0.1, -0.05) is 60.1 Å². The maximum absolute atomic E-state index is 12.4. The summed E-state index contributed by atoms with van der Waals surface area (Å²) in [5.74, 6) is -0.300. The number of benzene rings is 2. The van der Waals surface area contributed by atoms with Crippen molar-refractivity contribution in [1.82, 2.24) is 5.32 Å². The summed E-state index contributed by atoms with van der Waals surface area (Å²) < 4.78 is 0. The molecule has 0 bridgehead atoms. The molecule has 0 aliphatic carbocycles. The first-order chi connectivity index (χ1) is 11.6. The van der Waals surface area contributed by atoms with Crippen LogP contribution in [0.3, 0.4) is 0 Å². The highest BCUT2D eigenvalue weighted by Gasteiger charge is 2.19. The molecule has 0 heterocycles. The molecule has 0 aliphatic heterocycles. The largest absolute Gasteiger partial charge is 0.387 e. The highest BCUT2D eigenvalue weighted by atomic mass is 35.5. The molecule has 24 heavy (non-hydrogen) atoms. The Labute approximate surface area is 148 Å². The van der Waals surface area contributed by atoms with Crippen molar-refractivity contribution < 1.29 is 9.90 Å². The number of hydrogen-bond donors (Lipinski definition) is 2. The number of allylic oxidation sites excluding steroid dienone is 1. The fourth-order valence-corrected chi connectivity index (χ4v) is 2.65. The average molecular weight is 344 g/mol. The summed E-state index contributed by atoms with van der Waals surface area (Å²) in [6.07, 6.45) is 2.22. The Morgan fingerprint density at radius 2 is 1.83 bits per heavy atom. The lowest BCUT2D eigenvalue weighted by Crippen LogP contribution is -2.34. The quantitative estimate of drug-likeness (QED) is 0.714. The molecule has 2 unspecified atom stereocenters. The lowest BCUT2D eigenvalue weighted by Gasteiger charge is -2.18. The SMILES string of the molecule is C=CCC(Cc1ccc(Cl)cc1)C(=O)NCC(O)c1ccccc1. The third kappa shape index (κ3) is 5.52. The Morgan fingerprint density at radius 1 is 1.17 bits per heavy atom. The Morgan fingerprint density at radius 3 is 2.46 bits per heavy atom. The van der Waals surface area contributed by atoms with Gasteiger partial charge in [0.2, 0.25) is 5.91 Å². The van der Waals surface area contributed by atoms with Crippen LogP contribution >= 0.6 is 11.6 Å². The Bertz CT molecular complexity index is 655. The van der Waals surface area contributed by atoms with Crippen LogP contribution in [0.4, 0.5) is 0 Å². The highest BCUT2D eigenvalue weighted by Crippen LogP contribution is 2.17. The van der Waals surface area contributed by atoms with Crippen molar-refractivity contribution in [3.63, 3.8) is 0 Å². The van der Waals surface area contributed by atoms with E-state index in [0.29, 0.717) is 17.9 Å². The Balaban J connectivity index is 1.93. The van der Waals surface area contributed by atoms with Crippen LogP contribution in [0.1, 0.15) is 23.7 Å². The monoisotopic (exact) mass is 343 g/mol. The second-order valence-electron chi connectivity index (χ2n) is 5.72. The van der Waals surface area contributed by atoms with E-state index < -0.39 is 6.10 Å². The Hall–Kier alpha value is -2.10. The second-order valence-corrected chi connectivity index (χ2v) is 6.16. The van der Waals surface area contributed by atoms with Crippen LogP contribution in [0.5, 0.6) is 0 Å². The smallest absolute Gasteiger partial charge is 0.223 e. The molecule has 2 N–H and O–H groups in total. The summed E-state index contributed by atoms with van der Waals surface area (Å²) in [5.41, 5.74) is 1.83. The van der Waals surface area contributed by atoms with Crippen LogP contribution in [0.2, 0.25) is 5.02 Å². The van der Waals surface area contributed by atoms with Crippen molar-refractivity contribution in [3.8, 4) is 0 Å². The number of aliphatic hydroxyl groups excluding tert-OH is 1. The highest BCUT2D eigenvalue weighted by molar-refractivity contribution is 6.30. The molecule has 0 aromatic heterocycles. The van der Waals surface area contributed by atoms with Crippen LogP contribution in [0.15, 0.2) is 67.3 Å². The van der Waals surface area contributed by atoms with Gasteiger partial charge in [-0.15, -0.1) is 6.58 Å². The minimum absolute atomic E-state index is 0.0835. The van der Waals surface area contributed by atoms with Gasteiger partial charge in [0.05, 0.1) is 6.10 Å². The molecule has 4 heteroatoms. The molecule has 3 nitrogen and oxygen atoms in total. The molecule has 126 valence electrons. The summed E-state index contributed by atoms with van der Waals surface area (Å²) in [6.45, 7) is 3.92. The van der Waals surface area contributed by atoms with Crippen molar-refractivity contribution in [2.75, 3.05) is 6.54 Å². The minimum atomic E-state index is -0.713. The lowest BCUT2D eigenvalue weighted by molar-refractivity contribution is -0.125. The molecule has 2 rings (SSSR count). The van der Waals surface area contributed by atoms with Crippen molar-refractivity contribution in [2.45, 2.75) is 18.9 Å². The first-order valence-electron chi connectivity index (χ1n) is 7.96. The first-order valence-corrected chi connectivity index (χ1v) is 8.34. The van der Waals surface area contributed by atoms with Gasteiger partial charge in [0.15, 0.2) is 0 Å². The maximum atomic E-state index is 12.4. The Kier molecular flexibility index (Phi) is 7.04. The molecule has 2 atom stereocenters. The van der Waals surface area contributed by atoms with Crippen LogP contribution in [0.25, 0.3) is 0 Å². The first kappa shape index (κ1) is 18.2. The van der Waals surface area contributed by atoms with Gasteiger partial charge in [0.1, 0.15) is 0 Å². The summed E-state index contributed by atoms with van der Waals surface area (Å²) >= 11 is 5.89. The average Bonchev–Trinajstić information content (AvgIpc) is 2.61. The molecule has 0 aliphatic rings. The number of amides is 1.